The molecule has 1 aliphatic rings. The van der Waals surface area contributed by atoms with Crippen molar-refractivity contribution in [3.05, 3.63) is 99.6 Å². The molecule has 4 aromatic rings. The SMILES string of the molecule is Cc1ccc(-c2nnc(SCCCC(=O)N3CCN(C(=O)c4cccc([N+](=O)[O-])c4)C(C)C3)n2-c2cccc(C)c2)cc1. The van der Waals surface area contributed by atoms with Gasteiger partial charge in [-0.05, 0) is 51.0 Å². The molecule has 1 aromatic heterocycles. The summed E-state index contributed by atoms with van der Waals surface area (Å²) < 4.78 is 2.07. The van der Waals surface area contributed by atoms with Gasteiger partial charge in [-0.2, -0.15) is 0 Å². The van der Waals surface area contributed by atoms with Crippen LogP contribution in [0.2, 0.25) is 0 Å². The van der Waals surface area contributed by atoms with E-state index in [2.05, 4.69) is 65.0 Å². The van der Waals surface area contributed by atoms with Crippen LogP contribution in [0.15, 0.2) is 78.0 Å². The molecule has 11 heteroatoms. The minimum Gasteiger partial charge on any atom is -0.339 e. The Morgan fingerprint density at radius 3 is 2.47 bits per heavy atom. The molecule has 0 spiro atoms. The van der Waals surface area contributed by atoms with Crippen molar-refractivity contribution >= 4 is 29.3 Å². The van der Waals surface area contributed by atoms with Crippen molar-refractivity contribution in [2.45, 2.75) is 44.8 Å². The van der Waals surface area contributed by atoms with Gasteiger partial charge in [0.15, 0.2) is 11.0 Å². The van der Waals surface area contributed by atoms with Gasteiger partial charge in [-0.3, -0.25) is 24.3 Å². The van der Waals surface area contributed by atoms with E-state index in [9.17, 15) is 19.7 Å². The first-order chi connectivity index (χ1) is 20.7. The zero-order valence-electron chi connectivity index (χ0n) is 24.5. The number of hydrogen-bond donors (Lipinski definition) is 0. The van der Waals surface area contributed by atoms with Gasteiger partial charge in [-0.15, -0.1) is 10.2 Å². The second kappa shape index (κ2) is 13.2. The predicted octanol–water partition coefficient (Wildman–Crippen LogP) is 5.70. The molecular formula is C32H34N6O4S. The van der Waals surface area contributed by atoms with Crippen LogP contribution in [0.4, 0.5) is 5.69 Å². The van der Waals surface area contributed by atoms with E-state index in [1.807, 2.05) is 19.1 Å². The van der Waals surface area contributed by atoms with E-state index in [0.717, 1.165) is 27.8 Å². The molecule has 0 N–H and O–H groups in total. The quantitative estimate of drug-likeness (QED) is 0.105. The number of amides is 2. The molecule has 3 aromatic carbocycles. The van der Waals surface area contributed by atoms with Crippen LogP contribution in [0.3, 0.4) is 0 Å². The Morgan fingerprint density at radius 2 is 1.74 bits per heavy atom. The van der Waals surface area contributed by atoms with E-state index < -0.39 is 4.92 Å². The van der Waals surface area contributed by atoms with Gasteiger partial charge < -0.3 is 9.80 Å². The zero-order valence-corrected chi connectivity index (χ0v) is 25.3. The van der Waals surface area contributed by atoms with Crippen LogP contribution in [0.1, 0.15) is 41.3 Å². The number of non-ortho nitro benzene ring substituents is 1. The summed E-state index contributed by atoms with van der Waals surface area (Å²) >= 11 is 1.58. The Labute approximate surface area is 254 Å². The number of aromatic nitrogens is 3. The van der Waals surface area contributed by atoms with Gasteiger partial charge in [0.05, 0.1) is 4.92 Å². The number of nitro groups is 1. The van der Waals surface area contributed by atoms with Crippen molar-refractivity contribution in [1.82, 2.24) is 24.6 Å². The molecule has 1 aliphatic heterocycles. The van der Waals surface area contributed by atoms with Crippen molar-refractivity contribution in [3.8, 4) is 17.1 Å². The van der Waals surface area contributed by atoms with Gasteiger partial charge >= 0.3 is 0 Å². The minimum absolute atomic E-state index is 0.0513. The van der Waals surface area contributed by atoms with Crippen molar-refractivity contribution < 1.29 is 14.5 Å². The third-order valence-corrected chi connectivity index (χ3v) is 8.53. The monoisotopic (exact) mass is 598 g/mol. The van der Waals surface area contributed by atoms with E-state index in [4.69, 9.17) is 0 Å². The lowest BCUT2D eigenvalue weighted by atomic mass is 10.1. The number of aryl methyl sites for hydroxylation is 2. The molecule has 0 radical (unpaired) electrons. The first-order valence-electron chi connectivity index (χ1n) is 14.3. The van der Waals surface area contributed by atoms with Crippen molar-refractivity contribution in [3.63, 3.8) is 0 Å². The third-order valence-electron chi connectivity index (χ3n) is 7.51. The fraction of sp³-hybridized carbons (Fsp3) is 0.312. The number of hydrogen-bond acceptors (Lipinski definition) is 7. The van der Waals surface area contributed by atoms with Gasteiger partial charge in [-0.1, -0.05) is 59.8 Å². The molecule has 1 fully saturated rings. The Morgan fingerprint density at radius 1 is 0.977 bits per heavy atom. The zero-order chi connectivity index (χ0) is 30.5. The molecular weight excluding hydrogens is 564 g/mol. The highest BCUT2D eigenvalue weighted by Gasteiger charge is 2.30. The predicted molar refractivity (Wildman–Crippen MR) is 166 cm³/mol. The van der Waals surface area contributed by atoms with Crippen LogP contribution in [-0.4, -0.2) is 72.7 Å². The standard InChI is InChI=1S/C32H34N6O4S/c1-22-12-14-25(15-13-22)30-33-34-32(37(30)27-9-4-7-23(2)19-27)43-18-6-11-29(39)35-16-17-36(24(3)21-35)31(40)26-8-5-10-28(20-26)38(41)42/h4-5,7-10,12-15,19-20,24H,6,11,16-18,21H2,1-3H3. The molecule has 43 heavy (non-hydrogen) atoms. The van der Waals surface area contributed by atoms with E-state index in [1.165, 1.54) is 23.8 Å². The molecule has 222 valence electrons. The van der Waals surface area contributed by atoms with Crippen molar-refractivity contribution in [1.29, 1.82) is 0 Å². The molecule has 10 nitrogen and oxygen atoms in total. The van der Waals surface area contributed by atoms with Gasteiger partial charge in [0.25, 0.3) is 11.6 Å². The lowest BCUT2D eigenvalue weighted by molar-refractivity contribution is -0.384. The van der Waals surface area contributed by atoms with E-state index in [1.54, 1.807) is 27.6 Å². The van der Waals surface area contributed by atoms with E-state index >= 15 is 0 Å². The molecule has 0 saturated carbocycles. The molecule has 0 bridgehead atoms. The van der Waals surface area contributed by atoms with Gasteiger partial charge in [0, 0.05) is 66.8 Å². The average molecular weight is 599 g/mol. The van der Waals surface area contributed by atoms with Crippen LogP contribution in [0, 0.1) is 24.0 Å². The van der Waals surface area contributed by atoms with Crippen LogP contribution in [0.5, 0.6) is 0 Å². The first kappa shape index (κ1) is 30.0. The summed E-state index contributed by atoms with van der Waals surface area (Å²) in [6.07, 6.45) is 1.06. The second-order valence-electron chi connectivity index (χ2n) is 10.8. The second-order valence-corrected chi connectivity index (χ2v) is 11.9. The summed E-state index contributed by atoms with van der Waals surface area (Å²) in [5.41, 5.74) is 4.46. The van der Waals surface area contributed by atoms with E-state index in [-0.39, 0.29) is 29.1 Å². The van der Waals surface area contributed by atoms with E-state index in [0.29, 0.717) is 38.2 Å². The summed E-state index contributed by atoms with van der Waals surface area (Å²) in [6, 6.07) is 22.0. The molecule has 1 atom stereocenters. The smallest absolute Gasteiger partial charge is 0.270 e. The molecule has 1 saturated heterocycles. The van der Waals surface area contributed by atoms with Gasteiger partial charge in [0.1, 0.15) is 0 Å². The molecule has 2 amide bonds. The Hall–Kier alpha value is -4.51. The number of nitro benzene ring substituents is 1. The van der Waals surface area contributed by atoms with Gasteiger partial charge in [-0.25, -0.2) is 0 Å². The van der Waals surface area contributed by atoms with Crippen LogP contribution in [-0.2, 0) is 4.79 Å². The normalized spacial score (nSPS) is 15.0. The van der Waals surface area contributed by atoms with Crippen LogP contribution in [0.25, 0.3) is 17.1 Å². The molecule has 1 unspecified atom stereocenters. The van der Waals surface area contributed by atoms with Crippen LogP contribution < -0.4 is 0 Å². The summed E-state index contributed by atoms with van der Waals surface area (Å²) in [7, 11) is 0. The Bertz CT molecular complexity index is 1640. The minimum atomic E-state index is -0.509. The number of piperazine rings is 1. The largest absolute Gasteiger partial charge is 0.339 e. The summed E-state index contributed by atoms with van der Waals surface area (Å²) in [4.78, 5) is 40.2. The highest BCUT2D eigenvalue weighted by atomic mass is 32.2. The Balaban J connectivity index is 1.18. The van der Waals surface area contributed by atoms with Crippen molar-refractivity contribution in [2.75, 3.05) is 25.4 Å². The average Bonchev–Trinajstić information content (AvgIpc) is 3.43. The summed E-state index contributed by atoms with van der Waals surface area (Å²) in [6.45, 7) is 7.24. The topological polar surface area (TPSA) is 114 Å². The number of rotatable bonds is 9. The lowest BCUT2D eigenvalue weighted by Crippen LogP contribution is -2.55. The van der Waals surface area contributed by atoms with Crippen LogP contribution >= 0.6 is 11.8 Å². The third kappa shape index (κ3) is 6.94. The lowest BCUT2D eigenvalue weighted by Gasteiger charge is -2.40. The number of benzene rings is 3. The Kier molecular flexibility index (Phi) is 9.20. The maximum atomic E-state index is 13.1. The maximum absolute atomic E-state index is 13.1. The molecule has 0 aliphatic carbocycles. The number of thioether (sulfide) groups is 1. The highest BCUT2D eigenvalue weighted by molar-refractivity contribution is 7.99. The number of carbonyl (C=O) groups is 2. The fourth-order valence-corrected chi connectivity index (χ4v) is 6.09. The van der Waals surface area contributed by atoms with Crippen molar-refractivity contribution in [2.24, 2.45) is 0 Å². The molecule has 5 rings (SSSR count). The summed E-state index contributed by atoms with van der Waals surface area (Å²) in [5.74, 6) is 1.26. The number of carbonyl (C=O) groups excluding carboxylic acids is 2. The first-order valence-corrected chi connectivity index (χ1v) is 15.3. The van der Waals surface area contributed by atoms with Gasteiger partial charge in [0.2, 0.25) is 5.91 Å². The molecule has 2 heterocycles. The highest BCUT2D eigenvalue weighted by Crippen LogP contribution is 2.29. The number of nitrogens with zero attached hydrogens (tertiary/aromatic N) is 6. The fourth-order valence-electron chi connectivity index (χ4n) is 5.20. The maximum Gasteiger partial charge on any atom is 0.270 e. The summed E-state index contributed by atoms with van der Waals surface area (Å²) in [5, 5.41) is 20.9.